The van der Waals surface area contributed by atoms with Gasteiger partial charge in [-0.05, 0) is 25.7 Å². The molecular formula is C17H25N3O4. The smallest absolute Gasteiger partial charge is 0.358 e. The van der Waals surface area contributed by atoms with Gasteiger partial charge in [-0.1, -0.05) is 19.3 Å². The summed E-state index contributed by atoms with van der Waals surface area (Å²) in [6.07, 6.45) is 8.48. The zero-order valence-corrected chi connectivity index (χ0v) is 13.9. The fraction of sp³-hybridized carbons (Fsp3) is 0.706. The van der Waals surface area contributed by atoms with Gasteiger partial charge < -0.3 is 19.3 Å². The molecule has 0 atom stereocenters. The molecule has 3 heterocycles. The average molecular weight is 335 g/mol. The van der Waals surface area contributed by atoms with Gasteiger partial charge in [-0.3, -0.25) is 0 Å². The highest BCUT2D eigenvalue weighted by Crippen LogP contribution is 2.30. The minimum atomic E-state index is -1.06. The third kappa shape index (κ3) is 3.71. The lowest BCUT2D eigenvalue weighted by Gasteiger charge is -2.36. The number of hydrogen-bond donors (Lipinski definition) is 1. The molecular weight excluding hydrogens is 310 g/mol. The van der Waals surface area contributed by atoms with Crippen LogP contribution in [-0.2, 0) is 0 Å². The number of hydrogen-bond acceptors (Lipinski definition) is 4. The zero-order chi connectivity index (χ0) is 16.9. The molecule has 2 aliphatic heterocycles. The Morgan fingerprint density at radius 1 is 1.00 bits per heavy atom. The molecule has 1 aromatic rings. The third-order valence-corrected chi connectivity index (χ3v) is 5.06. The first-order valence-corrected chi connectivity index (χ1v) is 8.87. The lowest BCUT2D eigenvalue weighted by atomic mass is 9.93. The van der Waals surface area contributed by atoms with Gasteiger partial charge in [0.2, 0.25) is 0 Å². The van der Waals surface area contributed by atoms with Crippen molar-refractivity contribution < 1.29 is 19.1 Å². The van der Waals surface area contributed by atoms with Gasteiger partial charge >= 0.3 is 12.0 Å². The number of carbonyl (C=O) groups excluding carboxylic acids is 1. The summed E-state index contributed by atoms with van der Waals surface area (Å²) in [4.78, 5) is 31.5. The van der Waals surface area contributed by atoms with Crippen LogP contribution >= 0.6 is 0 Å². The first-order chi connectivity index (χ1) is 11.7. The number of carbonyl (C=O) groups is 2. The highest BCUT2D eigenvalue weighted by Gasteiger charge is 2.31. The third-order valence-electron chi connectivity index (χ3n) is 5.06. The Balaban J connectivity index is 1.57. The molecule has 0 unspecified atom stereocenters. The number of rotatable bonds is 2. The van der Waals surface area contributed by atoms with E-state index in [-0.39, 0.29) is 17.6 Å². The van der Waals surface area contributed by atoms with Crippen LogP contribution in [0.25, 0.3) is 0 Å². The molecule has 0 bridgehead atoms. The molecule has 2 fully saturated rings. The molecule has 0 aliphatic carbocycles. The lowest BCUT2D eigenvalue weighted by molar-refractivity contribution is 0.0686. The van der Waals surface area contributed by atoms with E-state index in [9.17, 15) is 9.59 Å². The molecule has 0 spiro atoms. The van der Waals surface area contributed by atoms with Crippen molar-refractivity contribution in [2.45, 2.75) is 50.9 Å². The number of likely N-dealkylation sites (tertiary alicyclic amines) is 2. The van der Waals surface area contributed by atoms with Crippen LogP contribution in [-0.4, -0.2) is 58.1 Å². The fourth-order valence-electron chi connectivity index (χ4n) is 3.68. The van der Waals surface area contributed by atoms with Gasteiger partial charge in [-0.15, -0.1) is 0 Å². The van der Waals surface area contributed by atoms with Crippen molar-refractivity contribution in [3.63, 3.8) is 0 Å². The van der Waals surface area contributed by atoms with Crippen molar-refractivity contribution in [2.75, 3.05) is 26.2 Å². The summed E-state index contributed by atoms with van der Waals surface area (Å²) >= 11 is 0. The van der Waals surface area contributed by atoms with Crippen LogP contribution in [0.3, 0.4) is 0 Å². The van der Waals surface area contributed by atoms with Crippen LogP contribution in [0.5, 0.6) is 0 Å². The van der Waals surface area contributed by atoms with Crippen LogP contribution in [0.2, 0.25) is 0 Å². The molecule has 7 heteroatoms. The Kier molecular flexibility index (Phi) is 5.37. The van der Waals surface area contributed by atoms with Crippen molar-refractivity contribution >= 4 is 12.0 Å². The summed E-state index contributed by atoms with van der Waals surface area (Å²) in [7, 11) is 0. The van der Waals surface area contributed by atoms with E-state index in [4.69, 9.17) is 9.52 Å². The fourth-order valence-corrected chi connectivity index (χ4v) is 3.68. The summed E-state index contributed by atoms with van der Waals surface area (Å²) < 4.78 is 5.30. The maximum absolute atomic E-state index is 12.7. The van der Waals surface area contributed by atoms with Crippen molar-refractivity contribution in [2.24, 2.45) is 0 Å². The van der Waals surface area contributed by atoms with Gasteiger partial charge in [-0.25, -0.2) is 14.6 Å². The van der Waals surface area contributed by atoms with Crippen molar-refractivity contribution in [3.8, 4) is 0 Å². The predicted octanol–water partition coefficient (Wildman–Crippen LogP) is 2.94. The topological polar surface area (TPSA) is 86.9 Å². The number of nitrogens with zero attached hydrogens (tertiary/aromatic N) is 3. The zero-order valence-electron chi connectivity index (χ0n) is 13.9. The number of carboxylic acid groups (broad SMARTS) is 1. The Morgan fingerprint density at radius 3 is 2.21 bits per heavy atom. The van der Waals surface area contributed by atoms with E-state index < -0.39 is 5.97 Å². The number of amides is 2. The standard InChI is InChI=1S/C17H25N3O4/c21-16(22)14-15(24-12-18-14)13-6-10-20(11-7-13)17(23)19-8-4-2-1-3-5-9-19/h12-13H,1-11H2,(H,21,22). The minimum Gasteiger partial charge on any atom is -0.476 e. The minimum absolute atomic E-state index is 0.00328. The van der Waals surface area contributed by atoms with Gasteiger partial charge in [0.15, 0.2) is 12.1 Å². The van der Waals surface area contributed by atoms with Gasteiger partial charge in [0.1, 0.15) is 5.76 Å². The molecule has 3 rings (SSSR count). The maximum Gasteiger partial charge on any atom is 0.358 e. The van der Waals surface area contributed by atoms with E-state index in [1.807, 2.05) is 9.80 Å². The molecule has 0 radical (unpaired) electrons. The summed E-state index contributed by atoms with van der Waals surface area (Å²) in [6.45, 7) is 2.98. The molecule has 24 heavy (non-hydrogen) atoms. The van der Waals surface area contributed by atoms with Crippen LogP contribution in [0.1, 0.15) is 67.1 Å². The van der Waals surface area contributed by atoms with E-state index in [2.05, 4.69) is 4.98 Å². The average Bonchev–Trinajstić information content (AvgIpc) is 3.04. The van der Waals surface area contributed by atoms with Crippen molar-refractivity contribution in [1.29, 1.82) is 0 Å². The monoisotopic (exact) mass is 335 g/mol. The summed E-state index contributed by atoms with van der Waals surface area (Å²) in [5.74, 6) is -0.589. The second-order valence-electron chi connectivity index (χ2n) is 6.67. The van der Waals surface area contributed by atoms with Crippen LogP contribution in [0.4, 0.5) is 4.79 Å². The van der Waals surface area contributed by atoms with Crippen LogP contribution in [0.15, 0.2) is 10.8 Å². The molecule has 1 aromatic heterocycles. The number of carboxylic acids is 1. The molecule has 2 amide bonds. The highest BCUT2D eigenvalue weighted by atomic mass is 16.4. The van der Waals surface area contributed by atoms with Crippen molar-refractivity contribution in [3.05, 3.63) is 17.8 Å². The SMILES string of the molecule is O=C(O)c1ncoc1C1CCN(C(=O)N2CCCCCCC2)CC1. The summed E-state index contributed by atoms with van der Waals surface area (Å²) in [5.41, 5.74) is 0.00328. The van der Waals surface area contributed by atoms with Gasteiger partial charge in [0.25, 0.3) is 0 Å². The van der Waals surface area contributed by atoms with Gasteiger partial charge in [0, 0.05) is 32.1 Å². The second kappa shape index (κ2) is 7.68. The quantitative estimate of drug-likeness (QED) is 0.898. The summed E-state index contributed by atoms with van der Waals surface area (Å²) in [5, 5.41) is 9.15. The highest BCUT2D eigenvalue weighted by molar-refractivity contribution is 5.86. The van der Waals surface area contributed by atoms with Crippen LogP contribution in [0, 0.1) is 0 Å². The van der Waals surface area contributed by atoms with Gasteiger partial charge in [0.05, 0.1) is 0 Å². The largest absolute Gasteiger partial charge is 0.476 e. The first kappa shape index (κ1) is 16.8. The molecule has 132 valence electrons. The van der Waals surface area contributed by atoms with E-state index in [0.29, 0.717) is 18.8 Å². The number of aromatic nitrogens is 1. The molecule has 1 N–H and O–H groups in total. The van der Waals surface area contributed by atoms with E-state index in [1.54, 1.807) is 0 Å². The van der Waals surface area contributed by atoms with Crippen LogP contribution < -0.4 is 0 Å². The number of piperidine rings is 1. The van der Waals surface area contributed by atoms with Gasteiger partial charge in [-0.2, -0.15) is 0 Å². The number of urea groups is 1. The Bertz CT molecular complexity index is 570. The lowest BCUT2D eigenvalue weighted by Crippen LogP contribution is -2.47. The summed E-state index contributed by atoms with van der Waals surface area (Å²) in [6, 6.07) is 0.131. The first-order valence-electron chi connectivity index (χ1n) is 8.87. The molecule has 2 aliphatic rings. The Morgan fingerprint density at radius 2 is 1.58 bits per heavy atom. The predicted molar refractivity (Wildman–Crippen MR) is 87.1 cm³/mol. The molecule has 0 aromatic carbocycles. The number of aromatic carboxylic acids is 1. The van der Waals surface area contributed by atoms with E-state index >= 15 is 0 Å². The van der Waals surface area contributed by atoms with Crippen molar-refractivity contribution in [1.82, 2.24) is 14.8 Å². The second-order valence-corrected chi connectivity index (χ2v) is 6.67. The Labute approximate surface area is 141 Å². The Hall–Kier alpha value is -2.05. The molecule has 2 saturated heterocycles. The maximum atomic E-state index is 12.7. The molecule has 0 saturated carbocycles. The normalized spacial score (nSPS) is 20.5. The molecule has 7 nitrogen and oxygen atoms in total. The van der Waals surface area contributed by atoms with E-state index in [1.165, 1.54) is 25.7 Å². The van der Waals surface area contributed by atoms with E-state index in [0.717, 1.165) is 38.8 Å². The number of oxazole rings is 1.